The van der Waals surface area contributed by atoms with Gasteiger partial charge in [-0.3, -0.25) is 9.78 Å². The van der Waals surface area contributed by atoms with Crippen molar-refractivity contribution in [1.82, 2.24) is 4.98 Å². The van der Waals surface area contributed by atoms with E-state index in [1.54, 1.807) is 26.5 Å². The molecule has 124 valence electrons. The van der Waals surface area contributed by atoms with Gasteiger partial charge in [-0.1, -0.05) is 12.1 Å². The Balaban J connectivity index is 1.73. The molecule has 0 saturated carbocycles. The maximum absolute atomic E-state index is 12.8. The van der Waals surface area contributed by atoms with Gasteiger partial charge in [0, 0.05) is 29.1 Å². The van der Waals surface area contributed by atoms with Gasteiger partial charge in [0.05, 0.1) is 19.7 Å². The van der Waals surface area contributed by atoms with E-state index in [2.05, 4.69) is 4.98 Å². The molecule has 0 fully saturated rings. The lowest BCUT2D eigenvalue weighted by Crippen LogP contribution is -1.97. The quantitative estimate of drug-likeness (QED) is 0.679. The number of carbonyl (C=O) groups excluding carboxylic acids is 1. The molecule has 0 bridgehead atoms. The number of allylic oxidation sites excluding steroid dienone is 1. The van der Waals surface area contributed by atoms with E-state index in [1.165, 1.54) is 0 Å². The van der Waals surface area contributed by atoms with Gasteiger partial charge in [0.2, 0.25) is 0 Å². The highest BCUT2D eigenvalue weighted by Crippen LogP contribution is 2.37. The van der Waals surface area contributed by atoms with E-state index < -0.39 is 0 Å². The molecule has 25 heavy (non-hydrogen) atoms. The highest BCUT2D eigenvalue weighted by molar-refractivity contribution is 6.16. The maximum atomic E-state index is 12.8. The zero-order valence-electron chi connectivity index (χ0n) is 14.1. The normalized spacial score (nSPS) is 14.8. The fourth-order valence-corrected chi connectivity index (χ4v) is 3.24. The van der Waals surface area contributed by atoms with Gasteiger partial charge in [0.15, 0.2) is 17.3 Å². The fraction of sp³-hybridized carbons (Fsp3) is 0.143. The second kappa shape index (κ2) is 6.06. The predicted molar refractivity (Wildman–Crippen MR) is 97.3 cm³/mol. The molecule has 0 amide bonds. The van der Waals surface area contributed by atoms with Crippen molar-refractivity contribution in [3.63, 3.8) is 0 Å². The Hall–Kier alpha value is -3.14. The summed E-state index contributed by atoms with van der Waals surface area (Å²) in [5.74, 6) is 1.27. The average Bonchev–Trinajstić information content (AvgIpc) is 2.95. The van der Waals surface area contributed by atoms with Crippen molar-refractivity contribution < 1.29 is 14.3 Å². The van der Waals surface area contributed by atoms with Gasteiger partial charge >= 0.3 is 0 Å². The minimum atomic E-state index is 0.0437. The number of nitrogens with zero attached hydrogens (tertiary/aromatic N) is 1. The lowest BCUT2D eigenvalue weighted by molar-refractivity contribution is 0.104. The van der Waals surface area contributed by atoms with Crippen molar-refractivity contribution in [2.75, 3.05) is 14.2 Å². The van der Waals surface area contributed by atoms with Crippen molar-refractivity contribution in [3.8, 4) is 11.5 Å². The molecule has 0 spiro atoms. The molecule has 0 atom stereocenters. The first-order valence-electron chi connectivity index (χ1n) is 8.04. The van der Waals surface area contributed by atoms with Crippen LogP contribution in [0.15, 0.2) is 54.2 Å². The first-order valence-corrected chi connectivity index (χ1v) is 8.04. The summed E-state index contributed by atoms with van der Waals surface area (Å²) in [5.41, 5.74) is 4.37. The summed E-state index contributed by atoms with van der Waals surface area (Å²) in [6.45, 7) is 0. The van der Waals surface area contributed by atoms with E-state index in [1.807, 2.05) is 42.5 Å². The standard InChI is InChI=1S/C21H17NO3/c1-24-19-11-15-10-16(21(23)17(15)12-20(19)25-2)9-13-5-6-18-14(8-13)4-3-7-22-18/h3-9,11-12H,10H2,1-2H3. The van der Waals surface area contributed by atoms with Gasteiger partial charge in [-0.2, -0.15) is 0 Å². The summed E-state index contributed by atoms with van der Waals surface area (Å²) < 4.78 is 10.6. The van der Waals surface area contributed by atoms with Crippen LogP contribution in [0, 0.1) is 0 Å². The number of aromatic nitrogens is 1. The van der Waals surface area contributed by atoms with E-state index in [4.69, 9.17) is 9.47 Å². The Morgan fingerprint density at radius 1 is 1.04 bits per heavy atom. The smallest absolute Gasteiger partial charge is 0.189 e. The van der Waals surface area contributed by atoms with E-state index >= 15 is 0 Å². The Morgan fingerprint density at radius 2 is 1.84 bits per heavy atom. The molecule has 1 aliphatic rings. The number of benzene rings is 2. The van der Waals surface area contributed by atoms with Crippen LogP contribution in [0.25, 0.3) is 17.0 Å². The molecule has 0 radical (unpaired) electrons. The molecule has 4 heteroatoms. The molecule has 3 aromatic rings. The summed E-state index contributed by atoms with van der Waals surface area (Å²) in [5, 5.41) is 1.06. The van der Waals surface area contributed by atoms with Crippen molar-refractivity contribution >= 4 is 22.8 Å². The molecule has 4 nitrogen and oxygen atoms in total. The van der Waals surface area contributed by atoms with Crippen molar-refractivity contribution in [2.24, 2.45) is 0 Å². The number of pyridine rings is 1. The second-order valence-electron chi connectivity index (χ2n) is 6.00. The number of ether oxygens (including phenoxy) is 2. The van der Waals surface area contributed by atoms with Crippen LogP contribution >= 0.6 is 0 Å². The number of hydrogen-bond donors (Lipinski definition) is 0. The highest BCUT2D eigenvalue weighted by atomic mass is 16.5. The van der Waals surface area contributed by atoms with Gasteiger partial charge in [-0.25, -0.2) is 0 Å². The van der Waals surface area contributed by atoms with E-state index in [9.17, 15) is 4.79 Å². The van der Waals surface area contributed by atoms with Crippen LogP contribution in [-0.2, 0) is 6.42 Å². The second-order valence-corrected chi connectivity index (χ2v) is 6.00. The SMILES string of the molecule is COc1cc2c(cc1OC)C(=O)C(=Cc1ccc3ncccc3c1)C2. The summed E-state index contributed by atoms with van der Waals surface area (Å²) >= 11 is 0. The third-order valence-corrected chi connectivity index (χ3v) is 4.49. The lowest BCUT2D eigenvalue weighted by atomic mass is 10.1. The number of Topliss-reactive ketones (excluding diaryl/α,β-unsaturated/α-hetero) is 1. The molecule has 0 saturated heterocycles. The summed E-state index contributed by atoms with van der Waals surface area (Å²) in [6, 6.07) is 13.6. The van der Waals surface area contributed by atoms with E-state index in [0.717, 1.165) is 27.6 Å². The van der Waals surface area contributed by atoms with Crippen LogP contribution < -0.4 is 9.47 Å². The number of methoxy groups -OCH3 is 2. The number of ketones is 1. The third-order valence-electron chi connectivity index (χ3n) is 4.49. The molecule has 4 rings (SSSR count). The molecule has 0 unspecified atom stereocenters. The molecular formula is C21H17NO3. The predicted octanol–water partition coefficient (Wildman–Crippen LogP) is 4.07. The fourth-order valence-electron chi connectivity index (χ4n) is 3.24. The first kappa shape index (κ1) is 15.4. The van der Waals surface area contributed by atoms with Crippen LogP contribution in [0.1, 0.15) is 21.5 Å². The van der Waals surface area contributed by atoms with Gasteiger partial charge in [-0.05, 0) is 47.5 Å². The van der Waals surface area contributed by atoms with Crippen LogP contribution in [0.2, 0.25) is 0 Å². The minimum Gasteiger partial charge on any atom is -0.493 e. The topological polar surface area (TPSA) is 48.4 Å². The maximum Gasteiger partial charge on any atom is 0.189 e. The van der Waals surface area contributed by atoms with E-state index in [-0.39, 0.29) is 5.78 Å². The molecule has 1 heterocycles. The van der Waals surface area contributed by atoms with Crippen LogP contribution in [-0.4, -0.2) is 25.0 Å². The minimum absolute atomic E-state index is 0.0437. The van der Waals surface area contributed by atoms with Crippen molar-refractivity contribution in [2.45, 2.75) is 6.42 Å². The monoisotopic (exact) mass is 331 g/mol. The number of rotatable bonds is 3. The number of hydrogen-bond acceptors (Lipinski definition) is 4. The Kier molecular flexibility index (Phi) is 3.73. The highest BCUT2D eigenvalue weighted by Gasteiger charge is 2.27. The molecule has 1 aromatic heterocycles. The average molecular weight is 331 g/mol. The third kappa shape index (κ3) is 2.66. The summed E-state index contributed by atoms with van der Waals surface area (Å²) in [4.78, 5) is 17.1. The van der Waals surface area contributed by atoms with Gasteiger partial charge in [-0.15, -0.1) is 0 Å². The van der Waals surface area contributed by atoms with E-state index in [0.29, 0.717) is 23.5 Å². The largest absolute Gasteiger partial charge is 0.493 e. The van der Waals surface area contributed by atoms with Gasteiger partial charge in [0.25, 0.3) is 0 Å². The lowest BCUT2D eigenvalue weighted by Gasteiger charge is -2.08. The Labute approximate surface area is 145 Å². The molecular weight excluding hydrogens is 314 g/mol. The first-order chi connectivity index (χ1) is 12.2. The summed E-state index contributed by atoms with van der Waals surface area (Å²) in [6.07, 6.45) is 4.33. The van der Waals surface area contributed by atoms with Gasteiger partial charge < -0.3 is 9.47 Å². The molecule has 0 N–H and O–H groups in total. The van der Waals surface area contributed by atoms with Crippen LogP contribution in [0.3, 0.4) is 0 Å². The Bertz CT molecular complexity index is 1020. The van der Waals surface area contributed by atoms with Crippen LogP contribution in [0.5, 0.6) is 11.5 Å². The molecule has 1 aliphatic carbocycles. The zero-order valence-corrected chi connectivity index (χ0v) is 14.1. The van der Waals surface area contributed by atoms with Crippen molar-refractivity contribution in [1.29, 1.82) is 0 Å². The number of fused-ring (bicyclic) bond motifs is 2. The summed E-state index contributed by atoms with van der Waals surface area (Å²) in [7, 11) is 3.17. The van der Waals surface area contributed by atoms with Crippen LogP contribution in [0.4, 0.5) is 0 Å². The molecule has 2 aromatic carbocycles. The number of carbonyl (C=O) groups is 1. The van der Waals surface area contributed by atoms with Crippen molar-refractivity contribution in [3.05, 3.63) is 70.9 Å². The van der Waals surface area contributed by atoms with Gasteiger partial charge in [0.1, 0.15) is 0 Å². The Morgan fingerprint density at radius 3 is 2.64 bits per heavy atom. The molecule has 0 aliphatic heterocycles. The zero-order chi connectivity index (χ0) is 17.4.